The maximum atomic E-state index is 12.7. The molecule has 0 amide bonds. The van der Waals surface area contributed by atoms with Crippen molar-refractivity contribution in [3.05, 3.63) is 0 Å². The highest BCUT2D eigenvalue weighted by Gasteiger charge is 2.28. The van der Waals surface area contributed by atoms with E-state index in [-0.39, 0.29) is 30.1 Å². The maximum Gasteiger partial charge on any atom is 0.306 e. The second-order valence-corrected chi connectivity index (χ2v) is 12.1. The molecule has 0 saturated heterocycles. The average Bonchev–Trinajstić information content (AvgIpc) is 2.97. The zero-order chi connectivity index (χ0) is 31.1. The maximum absolute atomic E-state index is 12.7. The van der Waals surface area contributed by atoms with Gasteiger partial charge in [0.1, 0.15) is 12.2 Å². The highest BCUT2D eigenvalue weighted by Crippen LogP contribution is 2.22. The summed E-state index contributed by atoms with van der Waals surface area (Å²) in [6.07, 6.45) is 24.3. The molecular weight excluding hydrogens is 528 g/mol. The van der Waals surface area contributed by atoms with E-state index in [4.69, 9.17) is 14.2 Å². The quantitative estimate of drug-likeness (QED) is 0.0450. The Labute approximate surface area is 259 Å². The third kappa shape index (κ3) is 26.1. The Morgan fingerprint density at radius 1 is 0.405 bits per heavy atom. The lowest BCUT2D eigenvalue weighted by Crippen LogP contribution is -2.35. The SMILES string of the molecule is CCCCCCCCC(OC(=O)CCCCC)C(CCCCCCCCOC(=O)CCCCC)OC(=O)CCCCC. The topological polar surface area (TPSA) is 78.9 Å². The van der Waals surface area contributed by atoms with Gasteiger partial charge < -0.3 is 14.2 Å². The average molecular weight is 597 g/mol. The fourth-order valence-electron chi connectivity index (χ4n) is 5.19. The molecule has 0 fully saturated rings. The third-order valence-electron chi connectivity index (χ3n) is 7.92. The second-order valence-electron chi connectivity index (χ2n) is 12.1. The Morgan fingerprint density at radius 2 is 0.738 bits per heavy atom. The van der Waals surface area contributed by atoms with Crippen LogP contribution in [-0.4, -0.2) is 36.7 Å². The van der Waals surface area contributed by atoms with E-state index in [1.807, 2.05) is 0 Å². The highest BCUT2D eigenvalue weighted by atomic mass is 16.6. The molecule has 248 valence electrons. The molecule has 2 atom stereocenters. The number of carbonyl (C=O) groups is 3. The minimum atomic E-state index is -0.364. The lowest BCUT2D eigenvalue weighted by atomic mass is 9.99. The van der Waals surface area contributed by atoms with Gasteiger partial charge in [-0.2, -0.15) is 0 Å². The predicted molar refractivity (Wildman–Crippen MR) is 173 cm³/mol. The van der Waals surface area contributed by atoms with Crippen LogP contribution < -0.4 is 0 Å². The Morgan fingerprint density at radius 3 is 1.17 bits per heavy atom. The van der Waals surface area contributed by atoms with E-state index in [0.717, 1.165) is 122 Å². The van der Waals surface area contributed by atoms with Gasteiger partial charge in [0.05, 0.1) is 6.61 Å². The largest absolute Gasteiger partial charge is 0.466 e. The molecule has 0 spiro atoms. The Hall–Kier alpha value is -1.59. The number of carbonyl (C=O) groups excluding carboxylic acids is 3. The number of hydrogen-bond donors (Lipinski definition) is 0. The Kier molecular flexibility index (Phi) is 29.7. The van der Waals surface area contributed by atoms with Crippen molar-refractivity contribution in [3.8, 4) is 0 Å². The van der Waals surface area contributed by atoms with Crippen LogP contribution in [0, 0.1) is 0 Å². The molecule has 0 rings (SSSR count). The summed E-state index contributed by atoms with van der Waals surface area (Å²) in [5.74, 6) is -0.384. The van der Waals surface area contributed by atoms with Crippen LogP contribution in [0.25, 0.3) is 0 Å². The first-order valence-electron chi connectivity index (χ1n) is 18.0. The number of ether oxygens (including phenoxy) is 3. The van der Waals surface area contributed by atoms with Crippen molar-refractivity contribution in [3.63, 3.8) is 0 Å². The molecular formula is C36H68O6. The van der Waals surface area contributed by atoms with Crippen LogP contribution in [0.2, 0.25) is 0 Å². The highest BCUT2D eigenvalue weighted by molar-refractivity contribution is 5.70. The molecule has 0 heterocycles. The van der Waals surface area contributed by atoms with Crippen molar-refractivity contribution in [2.24, 2.45) is 0 Å². The Balaban J connectivity index is 4.81. The summed E-state index contributed by atoms with van der Waals surface area (Å²) in [7, 11) is 0. The molecule has 0 aromatic rings. The number of rotatable bonds is 31. The van der Waals surface area contributed by atoms with Crippen LogP contribution in [-0.2, 0) is 28.6 Å². The van der Waals surface area contributed by atoms with E-state index in [1.54, 1.807) is 0 Å². The van der Waals surface area contributed by atoms with Crippen molar-refractivity contribution < 1.29 is 28.6 Å². The molecule has 0 aliphatic heterocycles. The molecule has 0 saturated carbocycles. The molecule has 0 aliphatic carbocycles. The summed E-state index contributed by atoms with van der Waals surface area (Å²) in [5.41, 5.74) is 0. The summed E-state index contributed by atoms with van der Waals surface area (Å²) in [6, 6.07) is 0. The van der Waals surface area contributed by atoms with Crippen LogP contribution in [0.1, 0.15) is 195 Å². The van der Waals surface area contributed by atoms with Crippen LogP contribution in [0.3, 0.4) is 0 Å². The summed E-state index contributed by atoms with van der Waals surface area (Å²) in [4.78, 5) is 37.2. The van der Waals surface area contributed by atoms with Crippen LogP contribution >= 0.6 is 0 Å². The second kappa shape index (κ2) is 30.9. The summed E-state index contributed by atoms with van der Waals surface area (Å²) in [5, 5.41) is 0. The lowest BCUT2D eigenvalue weighted by molar-refractivity contribution is -0.169. The van der Waals surface area contributed by atoms with Gasteiger partial charge >= 0.3 is 17.9 Å². The first-order chi connectivity index (χ1) is 20.5. The summed E-state index contributed by atoms with van der Waals surface area (Å²) in [6.45, 7) is 9.13. The molecule has 2 unspecified atom stereocenters. The van der Waals surface area contributed by atoms with Crippen LogP contribution in [0.15, 0.2) is 0 Å². The van der Waals surface area contributed by atoms with Crippen LogP contribution in [0.5, 0.6) is 0 Å². The van der Waals surface area contributed by atoms with E-state index < -0.39 is 0 Å². The third-order valence-corrected chi connectivity index (χ3v) is 7.92. The zero-order valence-electron chi connectivity index (χ0n) is 28.2. The summed E-state index contributed by atoms with van der Waals surface area (Å²) >= 11 is 0. The van der Waals surface area contributed by atoms with Crippen molar-refractivity contribution in [2.45, 2.75) is 207 Å². The molecule has 42 heavy (non-hydrogen) atoms. The zero-order valence-corrected chi connectivity index (χ0v) is 28.2. The fourth-order valence-corrected chi connectivity index (χ4v) is 5.19. The molecule has 0 aromatic heterocycles. The minimum Gasteiger partial charge on any atom is -0.466 e. The van der Waals surface area contributed by atoms with Crippen molar-refractivity contribution in [1.82, 2.24) is 0 Å². The first kappa shape index (κ1) is 40.4. The van der Waals surface area contributed by atoms with Crippen molar-refractivity contribution in [2.75, 3.05) is 6.61 Å². The van der Waals surface area contributed by atoms with Gasteiger partial charge in [-0.3, -0.25) is 14.4 Å². The Bertz CT molecular complexity index is 634. The number of unbranched alkanes of at least 4 members (excludes halogenated alkanes) is 16. The number of esters is 3. The molecule has 0 aliphatic rings. The summed E-state index contributed by atoms with van der Waals surface area (Å²) < 4.78 is 17.4. The number of hydrogen-bond acceptors (Lipinski definition) is 6. The van der Waals surface area contributed by atoms with Gasteiger partial charge in [-0.25, -0.2) is 0 Å². The van der Waals surface area contributed by atoms with Gasteiger partial charge in [-0.05, 0) is 51.4 Å². The van der Waals surface area contributed by atoms with Gasteiger partial charge in [0.15, 0.2) is 0 Å². The minimum absolute atomic E-state index is 0.0692. The van der Waals surface area contributed by atoms with E-state index in [0.29, 0.717) is 25.9 Å². The van der Waals surface area contributed by atoms with Gasteiger partial charge in [0, 0.05) is 19.3 Å². The molecule has 6 heteroatoms. The van der Waals surface area contributed by atoms with E-state index in [1.165, 1.54) is 25.7 Å². The molecule has 0 radical (unpaired) electrons. The molecule has 0 bridgehead atoms. The lowest BCUT2D eigenvalue weighted by Gasteiger charge is -2.27. The van der Waals surface area contributed by atoms with E-state index >= 15 is 0 Å². The van der Waals surface area contributed by atoms with Gasteiger partial charge in [-0.1, -0.05) is 124 Å². The predicted octanol–water partition coefficient (Wildman–Crippen LogP) is 10.6. The first-order valence-corrected chi connectivity index (χ1v) is 18.0. The van der Waals surface area contributed by atoms with E-state index in [2.05, 4.69) is 27.7 Å². The van der Waals surface area contributed by atoms with Crippen molar-refractivity contribution >= 4 is 17.9 Å². The monoisotopic (exact) mass is 597 g/mol. The standard InChI is InChI=1S/C36H68O6/c1-5-9-13-14-17-23-26-32(41-35(38)29-21-11-7-3)33(42-36(39)30-22-12-8-4)27-24-18-15-16-19-25-31-40-34(37)28-20-10-6-2/h32-33H,5-31H2,1-4H3. The van der Waals surface area contributed by atoms with Gasteiger partial charge in [-0.15, -0.1) is 0 Å². The van der Waals surface area contributed by atoms with E-state index in [9.17, 15) is 14.4 Å². The molecule has 6 nitrogen and oxygen atoms in total. The van der Waals surface area contributed by atoms with Gasteiger partial charge in [0.2, 0.25) is 0 Å². The fraction of sp³-hybridized carbons (Fsp3) is 0.917. The normalized spacial score (nSPS) is 12.6. The van der Waals surface area contributed by atoms with Crippen molar-refractivity contribution in [1.29, 1.82) is 0 Å². The smallest absolute Gasteiger partial charge is 0.306 e. The van der Waals surface area contributed by atoms with Gasteiger partial charge in [0.25, 0.3) is 0 Å². The van der Waals surface area contributed by atoms with Crippen LogP contribution in [0.4, 0.5) is 0 Å². The molecule has 0 N–H and O–H groups in total. The molecule has 0 aromatic carbocycles.